The van der Waals surface area contributed by atoms with E-state index >= 15 is 0 Å². The average molecular weight is 291 g/mol. The van der Waals surface area contributed by atoms with Gasteiger partial charge in [0.2, 0.25) is 0 Å². The van der Waals surface area contributed by atoms with Crippen LogP contribution in [0.15, 0.2) is 17.5 Å². The van der Waals surface area contributed by atoms with Gasteiger partial charge in [-0.05, 0) is 39.3 Å². The number of anilines is 1. The lowest BCUT2D eigenvalue weighted by molar-refractivity contribution is -0.385. The molecule has 2 aromatic rings. The van der Waals surface area contributed by atoms with Crippen molar-refractivity contribution in [2.75, 3.05) is 5.32 Å². The Kier molecular flexibility index (Phi) is 4.04. The van der Waals surface area contributed by atoms with Gasteiger partial charge in [-0.25, -0.2) is 4.98 Å². The largest absolute Gasteiger partial charge is 0.377 e. The van der Waals surface area contributed by atoms with Crippen LogP contribution in [0.1, 0.15) is 34.8 Å². The van der Waals surface area contributed by atoms with Crippen molar-refractivity contribution in [3.05, 3.63) is 49.5 Å². The summed E-state index contributed by atoms with van der Waals surface area (Å²) in [5, 5.41) is 17.3. The Balaban J connectivity index is 2.25. The highest BCUT2D eigenvalue weighted by Gasteiger charge is 2.15. The van der Waals surface area contributed by atoms with Gasteiger partial charge >= 0.3 is 0 Å². The van der Waals surface area contributed by atoms with E-state index in [1.54, 1.807) is 24.3 Å². The normalized spacial score (nSPS) is 12.2. The van der Waals surface area contributed by atoms with Crippen molar-refractivity contribution < 1.29 is 4.92 Å². The number of nitro benzene ring substituents is 1. The minimum atomic E-state index is -0.348. The lowest BCUT2D eigenvalue weighted by Gasteiger charge is -2.16. The van der Waals surface area contributed by atoms with Crippen LogP contribution in [0.5, 0.6) is 0 Å². The van der Waals surface area contributed by atoms with Gasteiger partial charge in [-0.3, -0.25) is 10.1 Å². The van der Waals surface area contributed by atoms with E-state index in [2.05, 4.69) is 10.3 Å². The molecule has 0 aliphatic heterocycles. The number of benzene rings is 1. The Morgan fingerprint density at radius 3 is 2.55 bits per heavy atom. The molecule has 5 nitrogen and oxygen atoms in total. The predicted octanol–water partition coefficient (Wildman–Crippen LogP) is 4.15. The maximum Gasteiger partial charge on any atom is 0.272 e. The number of nitrogens with zero attached hydrogens (tertiary/aromatic N) is 2. The summed E-state index contributed by atoms with van der Waals surface area (Å²) in [6.07, 6.45) is 0. The van der Waals surface area contributed by atoms with Gasteiger partial charge in [-0.15, -0.1) is 11.3 Å². The van der Waals surface area contributed by atoms with Gasteiger partial charge < -0.3 is 5.32 Å². The first kappa shape index (κ1) is 14.5. The maximum atomic E-state index is 10.9. The van der Waals surface area contributed by atoms with Crippen molar-refractivity contribution in [3.8, 4) is 0 Å². The zero-order valence-electron chi connectivity index (χ0n) is 11.9. The third-order valence-electron chi connectivity index (χ3n) is 3.19. The number of rotatable bonds is 4. The summed E-state index contributed by atoms with van der Waals surface area (Å²) in [5.41, 5.74) is 3.57. The van der Waals surface area contributed by atoms with E-state index in [0.29, 0.717) is 5.56 Å². The van der Waals surface area contributed by atoms with E-state index in [-0.39, 0.29) is 16.7 Å². The minimum Gasteiger partial charge on any atom is -0.377 e. The highest BCUT2D eigenvalue weighted by molar-refractivity contribution is 7.09. The number of aryl methyl sites for hydroxylation is 3. The Hall–Kier alpha value is -1.95. The summed E-state index contributed by atoms with van der Waals surface area (Å²) in [5.74, 6) is 0. The maximum absolute atomic E-state index is 10.9. The molecule has 0 fully saturated rings. The molecule has 1 atom stereocenters. The van der Waals surface area contributed by atoms with Crippen molar-refractivity contribution >= 4 is 22.7 Å². The van der Waals surface area contributed by atoms with E-state index in [1.807, 2.05) is 32.2 Å². The van der Waals surface area contributed by atoms with Crippen LogP contribution in [0.3, 0.4) is 0 Å². The van der Waals surface area contributed by atoms with Crippen molar-refractivity contribution in [3.63, 3.8) is 0 Å². The molecule has 6 heteroatoms. The third-order valence-corrected chi connectivity index (χ3v) is 3.98. The molecule has 1 aromatic carbocycles. The highest BCUT2D eigenvalue weighted by atomic mass is 32.1. The predicted molar refractivity (Wildman–Crippen MR) is 81.5 cm³/mol. The Morgan fingerprint density at radius 1 is 1.30 bits per heavy atom. The molecule has 0 spiro atoms. The van der Waals surface area contributed by atoms with Crippen LogP contribution in [0.4, 0.5) is 11.4 Å². The number of nitrogens with one attached hydrogen (secondary N) is 1. The SMILES string of the molecule is Cc1nc(C(C)Nc2cc(C)c([N+](=O)[O-])cc2C)cs1. The average Bonchev–Trinajstić information content (AvgIpc) is 2.79. The van der Waals surface area contributed by atoms with Gasteiger partial charge in [0, 0.05) is 22.7 Å². The number of hydrogen-bond acceptors (Lipinski definition) is 5. The zero-order chi connectivity index (χ0) is 14.9. The van der Waals surface area contributed by atoms with Crippen LogP contribution in [-0.2, 0) is 0 Å². The summed E-state index contributed by atoms with van der Waals surface area (Å²) in [6, 6.07) is 3.50. The minimum absolute atomic E-state index is 0.0690. The van der Waals surface area contributed by atoms with Crippen molar-refractivity contribution in [1.82, 2.24) is 4.98 Å². The molecule has 1 heterocycles. The standard InChI is InChI=1S/C14H17N3O2S/c1-8-6-14(17(18)19)9(2)5-12(8)15-10(3)13-7-20-11(4)16-13/h5-7,10,15H,1-4H3. The zero-order valence-corrected chi connectivity index (χ0v) is 12.7. The summed E-state index contributed by atoms with van der Waals surface area (Å²) in [6.45, 7) is 7.63. The van der Waals surface area contributed by atoms with E-state index in [4.69, 9.17) is 0 Å². The van der Waals surface area contributed by atoms with Gasteiger partial charge in [0.25, 0.3) is 5.69 Å². The fourth-order valence-corrected chi connectivity index (χ4v) is 2.75. The summed E-state index contributed by atoms with van der Waals surface area (Å²) >= 11 is 1.62. The second-order valence-electron chi connectivity index (χ2n) is 4.87. The van der Waals surface area contributed by atoms with Gasteiger partial charge in [-0.2, -0.15) is 0 Å². The number of nitro groups is 1. The van der Waals surface area contributed by atoms with Gasteiger partial charge in [0.05, 0.1) is 21.7 Å². The van der Waals surface area contributed by atoms with Gasteiger partial charge in [0.15, 0.2) is 0 Å². The lowest BCUT2D eigenvalue weighted by atomic mass is 10.1. The summed E-state index contributed by atoms with van der Waals surface area (Å²) < 4.78 is 0. The second kappa shape index (κ2) is 5.58. The molecule has 106 valence electrons. The molecule has 0 aliphatic rings. The Morgan fingerprint density at radius 2 is 2.00 bits per heavy atom. The molecular formula is C14H17N3O2S. The van der Waals surface area contributed by atoms with E-state index in [1.165, 1.54) is 0 Å². The fraction of sp³-hybridized carbons (Fsp3) is 0.357. The van der Waals surface area contributed by atoms with Crippen LogP contribution in [0.2, 0.25) is 0 Å². The highest BCUT2D eigenvalue weighted by Crippen LogP contribution is 2.29. The smallest absolute Gasteiger partial charge is 0.272 e. The molecule has 0 saturated heterocycles. The summed E-state index contributed by atoms with van der Waals surface area (Å²) in [4.78, 5) is 15.0. The molecule has 1 aromatic heterocycles. The molecule has 1 N–H and O–H groups in total. The third kappa shape index (κ3) is 2.96. The van der Waals surface area contributed by atoms with E-state index in [9.17, 15) is 10.1 Å². The lowest BCUT2D eigenvalue weighted by Crippen LogP contribution is -2.09. The Labute approximate surface area is 121 Å². The summed E-state index contributed by atoms with van der Waals surface area (Å²) in [7, 11) is 0. The second-order valence-corrected chi connectivity index (χ2v) is 5.93. The molecule has 0 radical (unpaired) electrons. The molecule has 0 bridgehead atoms. The van der Waals surface area contributed by atoms with E-state index < -0.39 is 0 Å². The van der Waals surface area contributed by atoms with Crippen molar-refractivity contribution in [1.29, 1.82) is 0 Å². The molecule has 0 amide bonds. The first-order chi connectivity index (χ1) is 9.38. The molecular weight excluding hydrogens is 274 g/mol. The van der Waals surface area contributed by atoms with Crippen LogP contribution in [0.25, 0.3) is 0 Å². The van der Waals surface area contributed by atoms with E-state index in [0.717, 1.165) is 22.0 Å². The molecule has 1 unspecified atom stereocenters. The molecule has 2 rings (SSSR count). The fourth-order valence-electron chi connectivity index (χ4n) is 2.04. The van der Waals surface area contributed by atoms with Gasteiger partial charge in [-0.1, -0.05) is 0 Å². The number of aromatic nitrogens is 1. The Bertz CT molecular complexity index is 652. The van der Waals surface area contributed by atoms with Crippen LogP contribution >= 0.6 is 11.3 Å². The first-order valence-corrected chi connectivity index (χ1v) is 7.20. The quantitative estimate of drug-likeness (QED) is 0.678. The monoisotopic (exact) mass is 291 g/mol. The number of thiazole rings is 1. The van der Waals surface area contributed by atoms with Crippen LogP contribution in [0, 0.1) is 30.9 Å². The topological polar surface area (TPSA) is 68.1 Å². The van der Waals surface area contributed by atoms with Crippen LogP contribution in [-0.4, -0.2) is 9.91 Å². The molecule has 0 aliphatic carbocycles. The number of hydrogen-bond donors (Lipinski definition) is 1. The van der Waals surface area contributed by atoms with Crippen molar-refractivity contribution in [2.45, 2.75) is 33.7 Å². The van der Waals surface area contributed by atoms with Crippen molar-refractivity contribution in [2.24, 2.45) is 0 Å². The first-order valence-electron chi connectivity index (χ1n) is 6.32. The molecule has 20 heavy (non-hydrogen) atoms. The molecule has 0 saturated carbocycles. The van der Waals surface area contributed by atoms with Gasteiger partial charge in [0.1, 0.15) is 0 Å². The van der Waals surface area contributed by atoms with Crippen LogP contribution < -0.4 is 5.32 Å².